The minimum absolute atomic E-state index is 0.180. The van der Waals surface area contributed by atoms with Crippen LogP contribution in [0.2, 0.25) is 0 Å². The van der Waals surface area contributed by atoms with Gasteiger partial charge in [0.05, 0.1) is 16.9 Å². The molecule has 0 spiro atoms. The number of aromatic carboxylic acids is 1. The van der Waals surface area contributed by atoms with E-state index in [1.54, 1.807) is 28.9 Å². The maximum absolute atomic E-state index is 12.5. The van der Waals surface area contributed by atoms with Crippen molar-refractivity contribution in [2.24, 2.45) is 0 Å². The van der Waals surface area contributed by atoms with Crippen molar-refractivity contribution < 1.29 is 14.7 Å². The lowest BCUT2D eigenvalue weighted by Crippen LogP contribution is -2.21. The van der Waals surface area contributed by atoms with Crippen LogP contribution >= 0.6 is 15.9 Å². The van der Waals surface area contributed by atoms with Crippen LogP contribution in [0.3, 0.4) is 0 Å². The summed E-state index contributed by atoms with van der Waals surface area (Å²) < 4.78 is 2.51. The van der Waals surface area contributed by atoms with E-state index in [2.05, 4.69) is 31.7 Å². The fourth-order valence-electron chi connectivity index (χ4n) is 2.59. The lowest BCUT2D eigenvalue weighted by Gasteiger charge is -2.14. The van der Waals surface area contributed by atoms with Crippen molar-refractivity contribution in [2.45, 2.75) is 26.2 Å². The minimum atomic E-state index is -1.00. The van der Waals surface area contributed by atoms with Crippen LogP contribution in [0.5, 0.6) is 0 Å². The maximum Gasteiger partial charge on any atom is 0.335 e. The molecule has 0 unspecified atom stereocenters. The van der Waals surface area contributed by atoms with Crippen molar-refractivity contribution in [3.05, 3.63) is 70.3 Å². The Hall–Kier alpha value is -3.13. The first-order valence-electron chi connectivity index (χ1n) is 8.91. The molecule has 8 heteroatoms. The number of carboxylic acid groups (broad SMARTS) is 1. The van der Waals surface area contributed by atoms with Crippen molar-refractivity contribution >= 4 is 39.4 Å². The Morgan fingerprint density at radius 3 is 2.17 bits per heavy atom. The third-order valence-corrected chi connectivity index (χ3v) is 4.71. The summed E-state index contributed by atoms with van der Waals surface area (Å²) in [6.45, 7) is 6.08. The first-order valence-corrected chi connectivity index (χ1v) is 9.70. The number of carboxylic acids is 1. The summed E-state index contributed by atoms with van der Waals surface area (Å²) in [5.41, 5.74) is 2.03. The maximum atomic E-state index is 12.5. The molecule has 1 heterocycles. The molecule has 0 atom stereocenters. The topological polar surface area (TPSA) is 96.2 Å². The van der Waals surface area contributed by atoms with Gasteiger partial charge in [-0.3, -0.25) is 5.32 Å². The molecule has 0 aliphatic heterocycles. The van der Waals surface area contributed by atoms with Gasteiger partial charge in [-0.15, -0.1) is 0 Å². The van der Waals surface area contributed by atoms with E-state index in [1.807, 2.05) is 39.0 Å². The summed E-state index contributed by atoms with van der Waals surface area (Å²) in [6.07, 6.45) is 0. The summed E-state index contributed by atoms with van der Waals surface area (Å²) >= 11 is 3.36. The van der Waals surface area contributed by atoms with Crippen molar-refractivity contribution in [2.75, 3.05) is 10.6 Å². The van der Waals surface area contributed by atoms with E-state index in [1.165, 1.54) is 12.1 Å². The zero-order valence-corrected chi connectivity index (χ0v) is 17.8. The molecule has 0 aliphatic carbocycles. The molecule has 0 saturated carbocycles. The van der Waals surface area contributed by atoms with Gasteiger partial charge in [0.15, 0.2) is 0 Å². The molecule has 3 N–H and O–H groups in total. The van der Waals surface area contributed by atoms with Gasteiger partial charge < -0.3 is 10.4 Å². The fraction of sp³-hybridized carbons (Fsp3) is 0.190. The van der Waals surface area contributed by atoms with Crippen LogP contribution in [0.1, 0.15) is 36.8 Å². The number of urea groups is 1. The number of nitrogens with zero attached hydrogens (tertiary/aromatic N) is 2. The standard InChI is InChI=1S/C21H21BrN4O3/c1-21(2,3)17-12-18(24-20(29)23-15-8-6-14(22)7-9-15)26(25-17)16-10-4-13(5-11-16)19(27)28/h4-12H,1-3H3,(H,27,28)(H2,23,24,29). The number of hydrogen-bond donors (Lipinski definition) is 3. The van der Waals surface area contributed by atoms with Crippen LogP contribution in [0.4, 0.5) is 16.3 Å². The highest BCUT2D eigenvalue weighted by Gasteiger charge is 2.21. The molecule has 0 fully saturated rings. The Labute approximate surface area is 176 Å². The number of aromatic nitrogens is 2. The highest BCUT2D eigenvalue weighted by atomic mass is 79.9. The van der Waals surface area contributed by atoms with E-state index in [-0.39, 0.29) is 11.0 Å². The SMILES string of the molecule is CC(C)(C)c1cc(NC(=O)Nc2ccc(Br)cc2)n(-c2ccc(C(=O)O)cc2)n1. The van der Waals surface area contributed by atoms with Crippen molar-refractivity contribution in [1.29, 1.82) is 0 Å². The van der Waals surface area contributed by atoms with Gasteiger partial charge in [0.25, 0.3) is 0 Å². The number of hydrogen-bond acceptors (Lipinski definition) is 3. The lowest BCUT2D eigenvalue weighted by atomic mass is 9.92. The molecular weight excluding hydrogens is 436 g/mol. The smallest absolute Gasteiger partial charge is 0.335 e. The molecule has 29 heavy (non-hydrogen) atoms. The van der Waals surface area contributed by atoms with Gasteiger partial charge in [-0.05, 0) is 48.5 Å². The third-order valence-electron chi connectivity index (χ3n) is 4.18. The predicted octanol–water partition coefficient (Wildman–Crippen LogP) is 5.27. The second-order valence-electron chi connectivity index (χ2n) is 7.51. The largest absolute Gasteiger partial charge is 0.478 e. The van der Waals surface area contributed by atoms with Crippen LogP contribution in [-0.2, 0) is 5.41 Å². The van der Waals surface area contributed by atoms with Gasteiger partial charge >= 0.3 is 12.0 Å². The Morgan fingerprint density at radius 1 is 1.00 bits per heavy atom. The quantitative estimate of drug-likeness (QED) is 0.497. The molecule has 1 aromatic heterocycles. The van der Waals surface area contributed by atoms with E-state index in [0.717, 1.165) is 10.2 Å². The number of halogens is 1. The molecule has 0 bridgehead atoms. The molecule has 0 aliphatic rings. The van der Waals surface area contributed by atoms with E-state index in [9.17, 15) is 9.59 Å². The van der Waals surface area contributed by atoms with Crippen LogP contribution in [0.25, 0.3) is 5.69 Å². The average molecular weight is 457 g/mol. The van der Waals surface area contributed by atoms with Crippen LogP contribution in [0, 0.1) is 0 Å². The van der Waals surface area contributed by atoms with Gasteiger partial charge in [-0.25, -0.2) is 14.3 Å². The Morgan fingerprint density at radius 2 is 1.62 bits per heavy atom. The summed E-state index contributed by atoms with van der Waals surface area (Å²) in [4.78, 5) is 23.6. The van der Waals surface area contributed by atoms with E-state index in [0.29, 0.717) is 17.2 Å². The van der Waals surface area contributed by atoms with E-state index < -0.39 is 12.0 Å². The fourth-order valence-corrected chi connectivity index (χ4v) is 2.85. The molecule has 150 valence electrons. The van der Waals surface area contributed by atoms with Crippen molar-refractivity contribution in [1.82, 2.24) is 9.78 Å². The number of carbonyl (C=O) groups is 2. The van der Waals surface area contributed by atoms with Gasteiger partial charge in [0, 0.05) is 21.6 Å². The van der Waals surface area contributed by atoms with Crippen molar-refractivity contribution in [3.8, 4) is 5.69 Å². The second-order valence-corrected chi connectivity index (χ2v) is 8.43. The molecule has 0 radical (unpaired) electrons. The monoisotopic (exact) mass is 456 g/mol. The summed E-state index contributed by atoms with van der Waals surface area (Å²) in [5.74, 6) is -0.521. The average Bonchev–Trinajstić information content (AvgIpc) is 3.08. The summed E-state index contributed by atoms with van der Waals surface area (Å²) in [7, 11) is 0. The van der Waals surface area contributed by atoms with Crippen LogP contribution < -0.4 is 10.6 Å². The predicted molar refractivity (Wildman–Crippen MR) is 116 cm³/mol. The van der Waals surface area contributed by atoms with Crippen LogP contribution in [-0.4, -0.2) is 26.9 Å². The number of anilines is 2. The Balaban J connectivity index is 1.90. The number of nitrogens with one attached hydrogen (secondary N) is 2. The second kappa shape index (κ2) is 8.08. The summed E-state index contributed by atoms with van der Waals surface area (Å²) in [5, 5.41) is 19.3. The molecule has 0 saturated heterocycles. The van der Waals surface area contributed by atoms with Gasteiger partial charge in [0.2, 0.25) is 0 Å². The molecular formula is C21H21BrN4O3. The highest BCUT2D eigenvalue weighted by Crippen LogP contribution is 2.26. The van der Waals surface area contributed by atoms with Crippen LogP contribution in [0.15, 0.2) is 59.1 Å². The first-order chi connectivity index (χ1) is 13.6. The van der Waals surface area contributed by atoms with Crippen molar-refractivity contribution in [3.63, 3.8) is 0 Å². The van der Waals surface area contributed by atoms with E-state index >= 15 is 0 Å². The highest BCUT2D eigenvalue weighted by molar-refractivity contribution is 9.10. The molecule has 7 nitrogen and oxygen atoms in total. The number of rotatable bonds is 4. The summed E-state index contributed by atoms with van der Waals surface area (Å²) in [6, 6.07) is 15.0. The molecule has 2 aromatic carbocycles. The third kappa shape index (κ3) is 5.03. The molecule has 3 aromatic rings. The lowest BCUT2D eigenvalue weighted by molar-refractivity contribution is 0.0697. The minimum Gasteiger partial charge on any atom is -0.478 e. The molecule has 2 amide bonds. The number of amides is 2. The number of carbonyl (C=O) groups excluding carboxylic acids is 1. The Kier molecular flexibility index (Phi) is 5.74. The van der Waals surface area contributed by atoms with Gasteiger partial charge in [-0.1, -0.05) is 36.7 Å². The zero-order chi connectivity index (χ0) is 21.2. The Bertz CT molecular complexity index is 1040. The first kappa shape index (κ1) is 20.6. The normalized spacial score (nSPS) is 11.2. The van der Waals surface area contributed by atoms with E-state index in [4.69, 9.17) is 5.11 Å². The van der Waals surface area contributed by atoms with Gasteiger partial charge in [0.1, 0.15) is 5.82 Å². The number of benzene rings is 2. The molecule has 3 rings (SSSR count). The van der Waals surface area contributed by atoms with Gasteiger partial charge in [-0.2, -0.15) is 5.10 Å². The zero-order valence-electron chi connectivity index (χ0n) is 16.2.